The number of hydrogen-bond donors (Lipinski definition) is 0. The molecule has 57 valence electrons. The van der Waals surface area contributed by atoms with Crippen LogP contribution >= 0.6 is 0 Å². The number of rotatable bonds is 2. The molecule has 3 nitrogen and oxygen atoms in total. The summed E-state index contributed by atoms with van der Waals surface area (Å²) >= 11 is 0. The van der Waals surface area contributed by atoms with Crippen molar-refractivity contribution in [3.8, 4) is 0 Å². The summed E-state index contributed by atoms with van der Waals surface area (Å²) in [5, 5.41) is 9.84. The third kappa shape index (κ3) is 2.71. The first-order valence-corrected chi connectivity index (χ1v) is 3.17. The van der Waals surface area contributed by atoms with Gasteiger partial charge in [0.1, 0.15) is 6.61 Å². The number of benzene rings is 1. The molecule has 11 heavy (non-hydrogen) atoms. The molecule has 1 radical (unpaired) electrons. The molecule has 0 bridgehead atoms. The van der Waals surface area contributed by atoms with E-state index in [2.05, 4.69) is 4.74 Å². The van der Waals surface area contributed by atoms with E-state index < -0.39 is 6.16 Å². The molecule has 1 aromatic carbocycles. The van der Waals surface area contributed by atoms with E-state index in [0.717, 1.165) is 5.56 Å². The Bertz CT molecular complexity index is 230. The van der Waals surface area contributed by atoms with Gasteiger partial charge in [-0.1, -0.05) is 30.3 Å². The van der Waals surface area contributed by atoms with Gasteiger partial charge < -0.3 is 4.74 Å². The summed E-state index contributed by atoms with van der Waals surface area (Å²) < 4.78 is 4.23. The Morgan fingerprint density at radius 2 is 1.91 bits per heavy atom. The third-order valence-corrected chi connectivity index (χ3v) is 1.20. The van der Waals surface area contributed by atoms with Gasteiger partial charge in [-0.25, -0.2) is 0 Å². The Balaban J connectivity index is 2.45. The smallest absolute Gasteiger partial charge is 0.427 e. The normalized spacial score (nSPS) is 9.09. The van der Waals surface area contributed by atoms with E-state index in [1.165, 1.54) is 0 Å². The SMILES string of the molecule is [O]C(=O)OCc1ccccc1. The molecule has 0 aliphatic heterocycles. The predicted molar refractivity (Wildman–Crippen MR) is 37.3 cm³/mol. The molecule has 0 aromatic heterocycles. The lowest BCUT2D eigenvalue weighted by Crippen LogP contribution is -1.97. The Kier molecular flexibility index (Phi) is 2.49. The topological polar surface area (TPSA) is 46.2 Å². The van der Waals surface area contributed by atoms with Gasteiger partial charge >= 0.3 is 6.16 Å². The molecule has 0 saturated carbocycles. The molecule has 0 atom stereocenters. The molecule has 0 heterocycles. The quantitative estimate of drug-likeness (QED) is 0.604. The van der Waals surface area contributed by atoms with E-state index >= 15 is 0 Å². The van der Waals surface area contributed by atoms with Gasteiger partial charge in [-0.2, -0.15) is 9.90 Å². The lowest BCUT2D eigenvalue weighted by Gasteiger charge is -1.97. The van der Waals surface area contributed by atoms with E-state index in [1.54, 1.807) is 12.1 Å². The molecule has 1 aromatic rings. The lowest BCUT2D eigenvalue weighted by atomic mass is 10.2. The second-order valence-corrected chi connectivity index (χ2v) is 2.02. The Labute approximate surface area is 64.2 Å². The van der Waals surface area contributed by atoms with E-state index in [0.29, 0.717) is 0 Å². The fourth-order valence-corrected chi connectivity index (χ4v) is 0.716. The monoisotopic (exact) mass is 151 g/mol. The highest BCUT2D eigenvalue weighted by Crippen LogP contribution is 1.99. The van der Waals surface area contributed by atoms with Gasteiger partial charge in [-0.05, 0) is 5.56 Å². The van der Waals surface area contributed by atoms with E-state index in [-0.39, 0.29) is 6.61 Å². The highest BCUT2D eigenvalue weighted by molar-refractivity contribution is 5.56. The highest BCUT2D eigenvalue weighted by atomic mass is 16.7. The lowest BCUT2D eigenvalue weighted by molar-refractivity contribution is 0.0619. The molecular formula is C8H7O3. The molecule has 0 aliphatic rings. The van der Waals surface area contributed by atoms with Crippen LogP contribution in [0.2, 0.25) is 0 Å². The zero-order valence-electron chi connectivity index (χ0n) is 5.82. The van der Waals surface area contributed by atoms with E-state index in [4.69, 9.17) is 0 Å². The zero-order chi connectivity index (χ0) is 8.10. The molecule has 0 saturated heterocycles. The Morgan fingerprint density at radius 3 is 2.45 bits per heavy atom. The second kappa shape index (κ2) is 3.61. The summed E-state index contributed by atoms with van der Waals surface area (Å²) in [4.78, 5) is 9.84. The van der Waals surface area contributed by atoms with E-state index in [9.17, 15) is 9.90 Å². The molecule has 1 rings (SSSR count). The summed E-state index contributed by atoms with van der Waals surface area (Å²) in [7, 11) is 0. The van der Waals surface area contributed by atoms with Crippen molar-refractivity contribution >= 4 is 6.16 Å². The Hall–Kier alpha value is -1.51. The summed E-state index contributed by atoms with van der Waals surface area (Å²) in [5.74, 6) is 0. The summed E-state index contributed by atoms with van der Waals surface area (Å²) in [6.07, 6.45) is -1.49. The van der Waals surface area contributed by atoms with Crippen LogP contribution in [0.1, 0.15) is 5.56 Å². The third-order valence-electron chi connectivity index (χ3n) is 1.20. The fourth-order valence-electron chi connectivity index (χ4n) is 0.716. The van der Waals surface area contributed by atoms with Gasteiger partial charge in [-0.3, -0.25) is 0 Å². The minimum atomic E-state index is -1.49. The van der Waals surface area contributed by atoms with Crippen LogP contribution in [0.15, 0.2) is 30.3 Å². The van der Waals surface area contributed by atoms with Crippen molar-refractivity contribution in [3.05, 3.63) is 35.9 Å². The maximum absolute atomic E-state index is 9.84. The van der Waals surface area contributed by atoms with Crippen LogP contribution in [0.25, 0.3) is 0 Å². The second-order valence-electron chi connectivity index (χ2n) is 2.02. The number of carbonyl (C=O) groups is 1. The molecule has 0 unspecified atom stereocenters. The van der Waals surface area contributed by atoms with Gasteiger partial charge in [0, 0.05) is 0 Å². The molecule has 3 heteroatoms. The predicted octanol–water partition coefficient (Wildman–Crippen LogP) is 1.75. The van der Waals surface area contributed by atoms with Crippen molar-refractivity contribution in [1.29, 1.82) is 0 Å². The zero-order valence-corrected chi connectivity index (χ0v) is 5.82. The molecule has 0 N–H and O–H groups in total. The van der Waals surface area contributed by atoms with Gasteiger partial charge in [0.2, 0.25) is 0 Å². The Morgan fingerprint density at radius 1 is 1.27 bits per heavy atom. The molecular weight excluding hydrogens is 144 g/mol. The van der Waals surface area contributed by atoms with Gasteiger partial charge in [0.15, 0.2) is 0 Å². The largest absolute Gasteiger partial charge is 0.550 e. The van der Waals surface area contributed by atoms with Crippen LogP contribution in [-0.4, -0.2) is 6.16 Å². The van der Waals surface area contributed by atoms with Crippen molar-refractivity contribution in [2.24, 2.45) is 0 Å². The number of hydrogen-bond acceptors (Lipinski definition) is 2. The maximum Gasteiger partial charge on any atom is 0.550 e. The van der Waals surface area contributed by atoms with Crippen LogP contribution in [0.4, 0.5) is 4.79 Å². The van der Waals surface area contributed by atoms with Crippen LogP contribution in [0, 0.1) is 0 Å². The van der Waals surface area contributed by atoms with Crippen LogP contribution < -0.4 is 0 Å². The van der Waals surface area contributed by atoms with Crippen molar-refractivity contribution in [2.45, 2.75) is 6.61 Å². The summed E-state index contributed by atoms with van der Waals surface area (Å²) in [6, 6.07) is 9.04. The maximum atomic E-state index is 9.84. The average molecular weight is 151 g/mol. The van der Waals surface area contributed by atoms with Crippen molar-refractivity contribution in [1.82, 2.24) is 0 Å². The first kappa shape index (κ1) is 7.60. The first-order valence-electron chi connectivity index (χ1n) is 3.17. The molecule has 0 aliphatic carbocycles. The molecule has 0 amide bonds. The number of carbonyl (C=O) groups excluding carboxylic acids is 1. The minimum Gasteiger partial charge on any atom is -0.427 e. The van der Waals surface area contributed by atoms with E-state index in [1.807, 2.05) is 18.2 Å². The number of ether oxygens (including phenoxy) is 1. The average Bonchev–Trinajstić information content (AvgIpc) is 2.03. The summed E-state index contributed by atoms with van der Waals surface area (Å²) in [6.45, 7) is 0.0587. The fraction of sp³-hybridized carbons (Fsp3) is 0.125. The van der Waals surface area contributed by atoms with Crippen LogP contribution in [0.5, 0.6) is 0 Å². The van der Waals surface area contributed by atoms with Gasteiger partial charge in [0.25, 0.3) is 0 Å². The summed E-state index contributed by atoms with van der Waals surface area (Å²) in [5.41, 5.74) is 0.816. The van der Waals surface area contributed by atoms with Crippen molar-refractivity contribution in [3.63, 3.8) is 0 Å². The molecule has 0 fully saturated rings. The van der Waals surface area contributed by atoms with Crippen LogP contribution in [0.3, 0.4) is 0 Å². The molecule has 0 spiro atoms. The van der Waals surface area contributed by atoms with Gasteiger partial charge in [-0.15, -0.1) is 0 Å². The van der Waals surface area contributed by atoms with Crippen molar-refractivity contribution in [2.75, 3.05) is 0 Å². The van der Waals surface area contributed by atoms with Gasteiger partial charge in [0.05, 0.1) is 0 Å². The highest BCUT2D eigenvalue weighted by Gasteiger charge is 1.98. The minimum absolute atomic E-state index is 0.0587. The van der Waals surface area contributed by atoms with Crippen LogP contribution in [-0.2, 0) is 16.5 Å². The standard InChI is InChI=1S/C8H7O3/c9-8(10)11-6-7-4-2-1-3-5-7/h1-5H,6H2. The van der Waals surface area contributed by atoms with Crippen molar-refractivity contribution < 1.29 is 14.6 Å². The first-order chi connectivity index (χ1) is 5.29.